The van der Waals surface area contributed by atoms with Crippen LogP contribution in [0.15, 0.2) is 30.3 Å². The molecule has 4 heteroatoms. The zero-order valence-electron chi connectivity index (χ0n) is 10.6. The first kappa shape index (κ1) is 12.7. The van der Waals surface area contributed by atoms with Gasteiger partial charge in [-0.05, 0) is 35.7 Å². The Bertz CT molecular complexity index is 635. The van der Waals surface area contributed by atoms with Gasteiger partial charge in [-0.3, -0.25) is 4.79 Å². The number of carbonyl (C=O) groups is 1. The Kier molecular flexibility index (Phi) is 3.33. The first-order chi connectivity index (χ1) is 9.17. The summed E-state index contributed by atoms with van der Waals surface area (Å²) in [6.07, 6.45) is 1.49. The van der Waals surface area contributed by atoms with Crippen LogP contribution in [0, 0.1) is 0 Å². The minimum atomic E-state index is -0.133. The number of anilines is 1. The van der Waals surface area contributed by atoms with E-state index in [0.29, 0.717) is 6.42 Å². The third-order valence-electron chi connectivity index (χ3n) is 3.33. The molecule has 0 aliphatic carbocycles. The molecule has 1 unspecified atom stereocenters. The number of benzene rings is 1. The van der Waals surface area contributed by atoms with Gasteiger partial charge in [0.25, 0.3) is 0 Å². The van der Waals surface area contributed by atoms with Gasteiger partial charge >= 0.3 is 0 Å². The summed E-state index contributed by atoms with van der Waals surface area (Å²) in [4.78, 5) is 13.9. The van der Waals surface area contributed by atoms with E-state index in [9.17, 15) is 4.79 Å². The van der Waals surface area contributed by atoms with Crippen molar-refractivity contribution < 1.29 is 4.79 Å². The van der Waals surface area contributed by atoms with E-state index in [2.05, 4.69) is 24.4 Å². The van der Waals surface area contributed by atoms with E-state index >= 15 is 0 Å². The molecular formula is C15H14ClNOS. The van der Waals surface area contributed by atoms with Crippen molar-refractivity contribution >= 4 is 34.5 Å². The molecule has 2 heterocycles. The molecule has 1 amide bonds. The minimum Gasteiger partial charge on any atom is -0.326 e. The van der Waals surface area contributed by atoms with E-state index in [0.717, 1.165) is 28.1 Å². The second kappa shape index (κ2) is 4.99. The van der Waals surface area contributed by atoms with Crippen LogP contribution in [-0.2, 0) is 17.6 Å². The standard InChI is InChI=1S/C15H14ClNOS/c1-2-11-4-6-13(19-11)15(16)9-3-5-12-10(7-9)8-14(18)17-12/h3-7,15H,2,8H2,1H3,(H,17,18). The second-order valence-electron chi connectivity index (χ2n) is 4.66. The summed E-state index contributed by atoms with van der Waals surface area (Å²) >= 11 is 8.30. The number of aryl methyl sites for hydroxylation is 1. The number of amides is 1. The van der Waals surface area contributed by atoms with E-state index in [1.165, 1.54) is 4.88 Å². The average Bonchev–Trinajstić information content (AvgIpc) is 3.01. The summed E-state index contributed by atoms with van der Waals surface area (Å²) in [5.74, 6) is 0.0580. The van der Waals surface area contributed by atoms with Crippen molar-refractivity contribution in [3.63, 3.8) is 0 Å². The number of alkyl halides is 1. The number of hydrogen-bond donors (Lipinski definition) is 1. The lowest BCUT2D eigenvalue weighted by Gasteiger charge is -2.09. The third kappa shape index (κ3) is 2.40. The molecular weight excluding hydrogens is 278 g/mol. The monoisotopic (exact) mass is 291 g/mol. The molecule has 1 aromatic carbocycles. The van der Waals surface area contributed by atoms with Gasteiger partial charge in [0.05, 0.1) is 11.8 Å². The maximum Gasteiger partial charge on any atom is 0.228 e. The van der Waals surface area contributed by atoms with E-state index in [-0.39, 0.29) is 11.3 Å². The van der Waals surface area contributed by atoms with E-state index in [1.807, 2.05) is 18.2 Å². The Labute approximate surface area is 121 Å². The summed E-state index contributed by atoms with van der Waals surface area (Å²) in [7, 11) is 0. The Balaban J connectivity index is 1.90. The summed E-state index contributed by atoms with van der Waals surface area (Å²) < 4.78 is 0. The number of hydrogen-bond acceptors (Lipinski definition) is 2. The largest absolute Gasteiger partial charge is 0.326 e. The number of rotatable bonds is 3. The minimum absolute atomic E-state index is 0.0580. The van der Waals surface area contributed by atoms with Crippen molar-refractivity contribution in [2.24, 2.45) is 0 Å². The highest BCUT2D eigenvalue weighted by Gasteiger charge is 2.20. The fraction of sp³-hybridized carbons (Fsp3) is 0.267. The van der Waals surface area contributed by atoms with Gasteiger partial charge in [0, 0.05) is 15.4 Å². The van der Waals surface area contributed by atoms with Crippen molar-refractivity contribution in [2.45, 2.75) is 25.1 Å². The van der Waals surface area contributed by atoms with Crippen LogP contribution in [0.25, 0.3) is 0 Å². The molecule has 98 valence electrons. The van der Waals surface area contributed by atoms with Gasteiger partial charge in [0.2, 0.25) is 5.91 Å². The topological polar surface area (TPSA) is 29.1 Å². The second-order valence-corrected chi connectivity index (χ2v) is 6.30. The first-order valence-corrected chi connectivity index (χ1v) is 7.58. The molecule has 1 atom stereocenters. The van der Waals surface area contributed by atoms with E-state index in [1.54, 1.807) is 11.3 Å². The number of halogens is 1. The van der Waals surface area contributed by atoms with Crippen LogP contribution >= 0.6 is 22.9 Å². The molecule has 0 saturated heterocycles. The summed E-state index contributed by atoms with van der Waals surface area (Å²) in [6, 6.07) is 10.2. The lowest BCUT2D eigenvalue weighted by molar-refractivity contribution is -0.115. The van der Waals surface area contributed by atoms with Gasteiger partial charge in [0.1, 0.15) is 0 Å². The summed E-state index contributed by atoms with van der Waals surface area (Å²) in [5.41, 5.74) is 3.01. The smallest absolute Gasteiger partial charge is 0.228 e. The molecule has 0 saturated carbocycles. The van der Waals surface area contributed by atoms with Crippen LogP contribution in [0.3, 0.4) is 0 Å². The SMILES string of the molecule is CCc1ccc(C(Cl)c2ccc3c(c2)CC(=O)N3)s1. The summed E-state index contributed by atoms with van der Waals surface area (Å²) in [6.45, 7) is 2.14. The van der Waals surface area contributed by atoms with Gasteiger partial charge in [-0.25, -0.2) is 0 Å². The van der Waals surface area contributed by atoms with Crippen molar-refractivity contribution in [3.05, 3.63) is 51.2 Å². The molecule has 2 aromatic rings. The summed E-state index contributed by atoms with van der Waals surface area (Å²) in [5, 5.41) is 2.70. The Morgan fingerprint density at radius 3 is 2.95 bits per heavy atom. The maximum absolute atomic E-state index is 11.4. The molecule has 0 spiro atoms. The Hall–Kier alpha value is -1.32. The van der Waals surface area contributed by atoms with Gasteiger partial charge < -0.3 is 5.32 Å². The number of fused-ring (bicyclic) bond motifs is 1. The zero-order chi connectivity index (χ0) is 13.4. The lowest BCUT2D eigenvalue weighted by atomic mass is 10.0. The third-order valence-corrected chi connectivity index (χ3v) is 5.24. The highest BCUT2D eigenvalue weighted by atomic mass is 35.5. The van der Waals surface area contributed by atoms with Crippen LogP contribution in [0.2, 0.25) is 0 Å². The molecule has 2 nitrogen and oxygen atoms in total. The van der Waals surface area contributed by atoms with Crippen LogP contribution in [-0.4, -0.2) is 5.91 Å². The predicted molar refractivity (Wildman–Crippen MR) is 80.2 cm³/mol. The fourth-order valence-corrected chi connectivity index (χ4v) is 3.59. The molecule has 0 radical (unpaired) electrons. The van der Waals surface area contributed by atoms with Crippen LogP contribution in [0.5, 0.6) is 0 Å². The zero-order valence-corrected chi connectivity index (χ0v) is 12.1. The highest BCUT2D eigenvalue weighted by molar-refractivity contribution is 7.12. The van der Waals surface area contributed by atoms with Crippen LogP contribution < -0.4 is 5.32 Å². The number of carbonyl (C=O) groups excluding carboxylic acids is 1. The lowest BCUT2D eigenvalue weighted by Crippen LogP contribution is -2.03. The van der Waals surface area contributed by atoms with Gasteiger partial charge in [-0.1, -0.05) is 19.1 Å². The van der Waals surface area contributed by atoms with Crippen molar-refractivity contribution in [3.8, 4) is 0 Å². The quantitative estimate of drug-likeness (QED) is 0.846. The van der Waals surface area contributed by atoms with Gasteiger partial charge in [-0.2, -0.15) is 0 Å². The molecule has 19 heavy (non-hydrogen) atoms. The molecule has 1 aliphatic rings. The van der Waals surface area contributed by atoms with Crippen molar-refractivity contribution in [2.75, 3.05) is 5.32 Å². The normalized spacial score (nSPS) is 15.2. The van der Waals surface area contributed by atoms with Gasteiger partial charge in [0.15, 0.2) is 0 Å². The van der Waals surface area contributed by atoms with E-state index < -0.39 is 0 Å². The van der Waals surface area contributed by atoms with Crippen LogP contribution in [0.1, 0.15) is 33.2 Å². The molecule has 1 aliphatic heterocycles. The Morgan fingerprint density at radius 2 is 2.21 bits per heavy atom. The molecule has 1 aromatic heterocycles. The molecule has 0 bridgehead atoms. The molecule has 1 N–H and O–H groups in total. The number of thiophene rings is 1. The molecule has 0 fully saturated rings. The average molecular weight is 292 g/mol. The maximum atomic E-state index is 11.4. The van der Waals surface area contributed by atoms with Gasteiger partial charge in [-0.15, -0.1) is 22.9 Å². The van der Waals surface area contributed by atoms with Crippen molar-refractivity contribution in [1.82, 2.24) is 0 Å². The molecule has 3 rings (SSSR count). The number of nitrogens with one attached hydrogen (secondary N) is 1. The van der Waals surface area contributed by atoms with E-state index in [4.69, 9.17) is 11.6 Å². The first-order valence-electron chi connectivity index (χ1n) is 6.32. The predicted octanol–water partition coefficient (Wildman–Crippen LogP) is 4.13. The van der Waals surface area contributed by atoms with Crippen LogP contribution in [0.4, 0.5) is 5.69 Å². The Morgan fingerprint density at radius 1 is 1.37 bits per heavy atom. The highest BCUT2D eigenvalue weighted by Crippen LogP contribution is 2.36. The van der Waals surface area contributed by atoms with Crippen molar-refractivity contribution in [1.29, 1.82) is 0 Å². The fourth-order valence-electron chi connectivity index (χ4n) is 2.29.